The highest BCUT2D eigenvalue weighted by molar-refractivity contribution is 6.33. The van der Waals surface area contributed by atoms with Crippen LogP contribution in [0, 0.1) is 0 Å². The van der Waals surface area contributed by atoms with E-state index in [1.165, 1.54) is 0 Å². The second-order valence-electron chi connectivity index (χ2n) is 2.47. The second-order valence-corrected chi connectivity index (χ2v) is 3.42. The Balaban J connectivity index is 5.46. The van der Waals surface area contributed by atoms with E-state index in [9.17, 15) is 39.9 Å². The maximum atomic E-state index is 12.4. The summed E-state index contributed by atoms with van der Waals surface area (Å²) in [7, 11) is 0. The Kier molecular flexibility index (Phi) is 3.79. The molecule has 1 nitrogen and oxygen atoms in total. The molecule has 0 spiro atoms. The van der Waals surface area contributed by atoms with Crippen LogP contribution in [0.1, 0.15) is 0 Å². The Bertz CT molecular complexity index is 290. The summed E-state index contributed by atoms with van der Waals surface area (Å²) in [4.78, 5) is 10.1. The molecule has 0 fully saturated rings. The zero-order chi connectivity index (χ0) is 13.6. The van der Waals surface area contributed by atoms with E-state index in [0.29, 0.717) is 0 Å². The van der Waals surface area contributed by atoms with E-state index in [4.69, 9.17) is 0 Å². The van der Waals surface area contributed by atoms with Gasteiger partial charge in [0.15, 0.2) is 0 Å². The van der Waals surface area contributed by atoms with Gasteiger partial charge in [-0.15, -0.1) is 0 Å². The van der Waals surface area contributed by atoms with Crippen molar-refractivity contribution >= 4 is 29.0 Å². The molecule has 0 unspecified atom stereocenters. The maximum Gasteiger partial charge on any atom is 0.394 e. The number of hydrogen-bond acceptors (Lipinski definition) is 1. The zero-order valence-electron chi connectivity index (χ0n) is 6.69. The van der Waals surface area contributed by atoms with Crippen LogP contribution in [-0.2, 0) is 4.79 Å². The lowest BCUT2D eigenvalue weighted by Crippen LogP contribution is -2.58. The van der Waals surface area contributed by atoms with Crippen LogP contribution in [-0.4, -0.2) is 28.4 Å². The number of rotatable bonds is 4. The SMILES string of the molecule is O=C(C(F)(F)Cl)C(F)(F)C(F)(F)C(F)(F)Cl. The number of alkyl halides is 10. The third kappa shape index (κ3) is 2.50. The molecule has 0 rings (SSSR count). The van der Waals surface area contributed by atoms with Crippen LogP contribution >= 0.6 is 23.2 Å². The summed E-state index contributed by atoms with van der Waals surface area (Å²) in [5, 5.41) is -11.3. The van der Waals surface area contributed by atoms with Gasteiger partial charge in [0.1, 0.15) is 0 Å². The first-order chi connectivity index (χ1) is 6.65. The molecular weight excluding hydrogens is 299 g/mol. The molecular formula is C5Cl2F8O. The first-order valence-corrected chi connectivity index (χ1v) is 3.85. The molecule has 0 aromatic carbocycles. The summed E-state index contributed by atoms with van der Waals surface area (Å²) < 4.78 is 96.6. The smallest absolute Gasteiger partial charge is 0.284 e. The van der Waals surface area contributed by atoms with Gasteiger partial charge >= 0.3 is 22.6 Å². The molecule has 0 radical (unpaired) electrons. The van der Waals surface area contributed by atoms with Crippen LogP contribution < -0.4 is 0 Å². The van der Waals surface area contributed by atoms with Crippen molar-refractivity contribution in [3.8, 4) is 0 Å². The van der Waals surface area contributed by atoms with Crippen molar-refractivity contribution in [2.24, 2.45) is 0 Å². The lowest BCUT2D eigenvalue weighted by Gasteiger charge is -2.28. The van der Waals surface area contributed by atoms with Crippen molar-refractivity contribution in [3.05, 3.63) is 0 Å². The number of halogens is 10. The van der Waals surface area contributed by atoms with E-state index in [-0.39, 0.29) is 0 Å². The number of Topliss-reactive ketones (excluding diaryl/α,β-unsaturated/α-hetero) is 1. The van der Waals surface area contributed by atoms with Gasteiger partial charge in [-0.3, -0.25) is 4.79 Å². The first-order valence-electron chi connectivity index (χ1n) is 3.09. The Hall–Kier alpha value is -0.310. The van der Waals surface area contributed by atoms with E-state index in [1.54, 1.807) is 0 Å². The van der Waals surface area contributed by atoms with Crippen LogP contribution in [0.3, 0.4) is 0 Å². The van der Waals surface area contributed by atoms with Crippen molar-refractivity contribution < 1.29 is 39.9 Å². The van der Waals surface area contributed by atoms with Gasteiger partial charge < -0.3 is 0 Å². The van der Waals surface area contributed by atoms with Gasteiger partial charge in [-0.05, 0) is 23.2 Å². The lowest BCUT2D eigenvalue weighted by atomic mass is 10.1. The minimum Gasteiger partial charge on any atom is -0.284 e. The molecule has 0 aliphatic carbocycles. The molecule has 0 aromatic rings. The predicted octanol–water partition coefficient (Wildman–Crippen LogP) is 3.49. The number of carbonyl (C=O) groups excluding carboxylic acids is 1. The van der Waals surface area contributed by atoms with Crippen LogP contribution in [0.4, 0.5) is 35.1 Å². The molecule has 0 saturated heterocycles. The highest BCUT2D eigenvalue weighted by Gasteiger charge is 2.77. The molecule has 0 bridgehead atoms. The number of carbonyl (C=O) groups is 1. The van der Waals surface area contributed by atoms with E-state index in [1.807, 2.05) is 0 Å². The lowest BCUT2D eigenvalue weighted by molar-refractivity contribution is -0.273. The van der Waals surface area contributed by atoms with Gasteiger partial charge in [0.05, 0.1) is 0 Å². The van der Waals surface area contributed by atoms with Gasteiger partial charge in [0.2, 0.25) is 0 Å². The topological polar surface area (TPSA) is 17.1 Å². The third-order valence-electron chi connectivity index (χ3n) is 1.29. The van der Waals surface area contributed by atoms with Crippen molar-refractivity contribution in [1.82, 2.24) is 0 Å². The quantitative estimate of drug-likeness (QED) is 0.573. The Morgan fingerprint density at radius 3 is 1.31 bits per heavy atom. The summed E-state index contributed by atoms with van der Waals surface area (Å²) in [5.41, 5.74) is 0. The molecule has 0 aliphatic heterocycles. The Labute approximate surface area is 92.3 Å². The minimum atomic E-state index is -6.50. The first kappa shape index (κ1) is 15.7. The van der Waals surface area contributed by atoms with E-state index >= 15 is 0 Å². The summed E-state index contributed by atoms with van der Waals surface area (Å²) in [6, 6.07) is 0. The molecule has 0 N–H and O–H groups in total. The second kappa shape index (κ2) is 3.86. The van der Waals surface area contributed by atoms with Crippen LogP contribution in [0.2, 0.25) is 0 Å². The van der Waals surface area contributed by atoms with Gasteiger partial charge in [-0.1, -0.05) is 0 Å². The van der Waals surface area contributed by atoms with E-state index in [0.717, 1.165) is 0 Å². The third-order valence-corrected chi connectivity index (χ3v) is 1.70. The van der Waals surface area contributed by atoms with Crippen molar-refractivity contribution in [1.29, 1.82) is 0 Å². The fraction of sp³-hybridized carbons (Fsp3) is 0.800. The molecule has 96 valence electrons. The molecule has 0 aromatic heterocycles. The Morgan fingerprint density at radius 2 is 1.12 bits per heavy atom. The van der Waals surface area contributed by atoms with E-state index < -0.39 is 28.4 Å². The molecule has 16 heavy (non-hydrogen) atoms. The fourth-order valence-corrected chi connectivity index (χ4v) is 0.736. The van der Waals surface area contributed by atoms with Gasteiger partial charge in [0, 0.05) is 0 Å². The summed E-state index contributed by atoms with van der Waals surface area (Å²) in [6.07, 6.45) is 0. The van der Waals surface area contributed by atoms with Gasteiger partial charge in [-0.25, -0.2) is 0 Å². The van der Waals surface area contributed by atoms with E-state index in [2.05, 4.69) is 23.2 Å². The van der Waals surface area contributed by atoms with Crippen molar-refractivity contribution in [2.45, 2.75) is 22.6 Å². The van der Waals surface area contributed by atoms with Crippen LogP contribution in [0.15, 0.2) is 0 Å². The number of ketones is 1. The minimum absolute atomic E-state index is 3.60. The van der Waals surface area contributed by atoms with Crippen LogP contribution in [0.25, 0.3) is 0 Å². The largest absolute Gasteiger partial charge is 0.394 e. The summed E-state index contributed by atoms with van der Waals surface area (Å²) in [5.74, 6) is -16.8. The average Bonchev–Trinajstić information content (AvgIpc) is 1.98. The van der Waals surface area contributed by atoms with Gasteiger partial charge in [-0.2, -0.15) is 35.1 Å². The molecule has 11 heteroatoms. The molecule has 0 atom stereocenters. The Morgan fingerprint density at radius 1 is 0.812 bits per heavy atom. The predicted molar refractivity (Wildman–Crippen MR) is 36.5 cm³/mol. The highest BCUT2D eigenvalue weighted by Crippen LogP contribution is 2.50. The van der Waals surface area contributed by atoms with Crippen molar-refractivity contribution in [2.75, 3.05) is 0 Å². The molecule has 0 heterocycles. The van der Waals surface area contributed by atoms with Crippen LogP contribution in [0.5, 0.6) is 0 Å². The molecule has 0 amide bonds. The number of hydrogen-bond donors (Lipinski definition) is 0. The monoisotopic (exact) mass is 298 g/mol. The standard InChI is InChI=1S/C5Cl2F8O/c6-3(10,11)1(16)2(8,9)4(12,13)5(7,14)15. The molecule has 0 aliphatic rings. The van der Waals surface area contributed by atoms with Gasteiger partial charge in [0.25, 0.3) is 5.78 Å². The zero-order valence-corrected chi connectivity index (χ0v) is 8.20. The van der Waals surface area contributed by atoms with Crippen molar-refractivity contribution in [3.63, 3.8) is 0 Å². The maximum absolute atomic E-state index is 12.4. The summed E-state index contributed by atoms with van der Waals surface area (Å²) >= 11 is 7.34. The highest BCUT2D eigenvalue weighted by atomic mass is 35.5. The average molecular weight is 299 g/mol. The normalized spacial score (nSPS) is 15.1. The summed E-state index contributed by atoms with van der Waals surface area (Å²) in [6.45, 7) is 0. The molecule has 0 saturated carbocycles. The fourth-order valence-electron chi connectivity index (χ4n) is 0.499.